The van der Waals surface area contributed by atoms with Gasteiger partial charge in [-0.1, -0.05) is 24.3 Å². The van der Waals surface area contributed by atoms with Crippen molar-refractivity contribution in [3.05, 3.63) is 59.7 Å². The monoisotopic (exact) mass is 428 g/mol. The van der Waals surface area contributed by atoms with Gasteiger partial charge < -0.3 is 9.80 Å². The summed E-state index contributed by atoms with van der Waals surface area (Å²) in [5, 5.41) is 0. The Labute approximate surface area is 184 Å². The van der Waals surface area contributed by atoms with Crippen LogP contribution in [-0.4, -0.2) is 66.9 Å². The van der Waals surface area contributed by atoms with Crippen molar-refractivity contribution in [3.8, 4) is 0 Å². The maximum Gasteiger partial charge on any atom is 0.227 e. The molecule has 0 spiro atoms. The van der Waals surface area contributed by atoms with Crippen molar-refractivity contribution >= 4 is 48.8 Å². The highest BCUT2D eigenvalue weighted by molar-refractivity contribution is 7.99. The molecule has 0 aromatic heterocycles. The van der Waals surface area contributed by atoms with E-state index in [1.54, 1.807) is 0 Å². The van der Waals surface area contributed by atoms with Gasteiger partial charge in [0, 0.05) is 52.2 Å². The summed E-state index contributed by atoms with van der Waals surface area (Å²) in [4.78, 5) is 23.2. The van der Waals surface area contributed by atoms with Gasteiger partial charge in [-0.2, -0.15) is 0 Å². The van der Waals surface area contributed by atoms with E-state index in [0.717, 1.165) is 48.7 Å². The summed E-state index contributed by atoms with van der Waals surface area (Å²) in [5.41, 5.74) is 4.10. The molecular weight excluding hydrogens is 400 g/mol. The zero-order valence-electron chi connectivity index (χ0n) is 16.9. The normalized spacial score (nSPS) is 15.3. The molecule has 2 aromatic carbocycles. The van der Waals surface area contributed by atoms with Crippen molar-refractivity contribution in [1.29, 1.82) is 0 Å². The number of hydrogen-bond donors (Lipinski definition) is 2. The van der Waals surface area contributed by atoms with E-state index < -0.39 is 0 Å². The number of rotatable bonds is 6. The van der Waals surface area contributed by atoms with Crippen LogP contribution < -0.4 is 4.90 Å². The summed E-state index contributed by atoms with van der Waals surface area (Å²) < 4.78 is -0.0626. The van der Waals surface area contributed by atoms with Crippen molar-refractivity contribution in [3.63, 3.8) is 0 Å². The van der Waals surface area contributed by atoms with Crippen molar-refractivity contribution in [1.82, 2.24) is 9.80 Å². The number of piperazine rings is 1. The lowest BCUT2D eigenvalue weighted by atomic mass is 10.1. The van der Waals surface area contributed by atoms with E-state index in [0.29, 0.717) is 6.42 Å². The summed E-state index contributed by atoms with van der Waals surface area (Å²) >= 11 is 8.68. The maximum atomic E-state index is 12.6. The topological polar surface area (TPSA) is 39.2 Å². The predicted molar refractivity (Wildman–Crippen MR) is 128 cm³/mol. The molecule has 0 atom stereocenters. The fraction of sp³-hybridized carbons (Fsp3) is 0.364. The predicted octanol–water partition coefficient (Wildman–Crippen LogP) is 3.33. The van der Waals surface area contributed by atoms with Gasteiger partial charge >= 0.3 is 0 Å². The fourth-order valence-electron chi connectivity index (χ4n) is 3.20. The number of nitrogens with zero attached hydrogens (tertiary/aromatic N) is 4. The number of amides is 1. The van der Waals surface area contributed by atoms with E-state index in [1.807, 2.05) is 73.7 Å². The summed E-state index contributed by atoms with van der Waals surface area (Å²) in [6.07, 6.45) is 2.27. The largest absolute Gasteiger partial charge is 0.378 e. The minimum absolute atomic E-state index is 0.0626. The van der Waals surface area contributed by atoms with Crippen molar-refractivity contribution in [2.75, 3.05) is 45.2 Å². The van der Waals surface area contributed by atoms with Crippen LogP contribution in [0.15, 0.2) is 53.5 Å². The molecule has 1 heterocycles. The van der Waals surface area contributed by atoms with Gasteiger partial charge in [0.25, 0.3) is 0 Å². The zero-order chi connectivity index (χ0) is 20.8. The molecule has 154 valence electrons. The van der Waals surface area contributed by atoms with E-state index >= 15 is 0 Å². The first-order valence-corrected chi connectivity index (χ1v) is 10.7. The molecule has 0 N–H and O–H groups in total. The van der Waals surface area contributed by atoms with Gasteiger partial charge in [-0.3, -0.25) is 14.7 Å². The molecule has 2 aromatic rings. The second-order valence-electron chi connectivity index (χ2n) is 7.35. The molecular formula is C22H28N4OS2. The van der Waals surface area contributed by atoms with Gasteiger partial charge in [0.2, 0.25) is 5.91 Å². The highest BCUT2D eigenvalue weighted by Crippen LogP contribution is 2.18. The first kappa shape index (κ1) is 21.7. The van der Waals surface area contributed by atoms with Crippen molar-refractivity contribution in [2.45, 2.75) is 11.1 Å². The van der Waals surface area contributed by atoms with Gasteiger partial charge in [-0.15, -0.1) is 25.3 Å². The second-order valence-corrected chi connectivity index (χ2v) is 8.74. The fourth-order valence-corrected chi connectivity index (χ4v) is 3.66. The zero-order valence-corrected chi connectivity index (χ0v) is 18.7. The molecule has 0 aliphatic carbocycles. The van der Waals surface area contributed by atoms with Crippen LogP contribution in [0.4, 0.5) is 11.4 Å². The van der Waals surface area contributed by atoms with Gasteiger partial charge in [-0.05, 0) is 35.4 Å². The SMILES string of the molecule is CN(C)c1ccc(N=Cc2ccc(CC(=O)N3CCN(C(S)S)CC3)cc2)cc1. The third-order valence-corrected chi connectivity index (χ3v) is 5.71. The van der Waals surface area contributed by atoms with E-state index in [2.05, 4.69) is 40.0 Å². The van der Waals surface area contributed by atoms with Crippen LogP contribution in [0.5, 0.6) is 0 Å². The van der Waals surface area contributed by atoms with Crippen LogP contribution in [0.1, 0.15) is 11.1 Å². The third kappa shape index (κ3) is 6.26. The summed E-state index contributed by atoms with van der Waals surface area (Å²) in [7, 11) is 4.04. The minimum atomic E-state index is -0.0626. The molecule has 1 aliphatic heterocycles. The molecule has 0 radical (unpaired) electrons. The first-order valence-electron chi connectivity index (χ1n) is 9.71. The smallest absolute Gasteiger partial charge is 0.227 e. The molecule has 1 aliphatic rings. The van der Waals surface area contributed by atoms with Crippen LogP contribution in [0.25, 0.3) is 0 Å². The average molecular weight is 429 g/mol. The lowest BCUT2D eigenvalue weighted by molar-refractivity contribution is -0.132. The molecule has 1 fully saturated rings. The summed E-state index contributed by atoms with van der Waals surface area (Å²) in [6.45, 7) is 3.09. The highest BCUT2D eigenvalue weighted by atomic mass is 32.2. The number of anilines is 1. The molecule has 1 amide bonds. The Hall–Kier alpha value is -1.96. The lowest BCUT2D eigenvalue weighted by Gasteiger charge is -2.36. The summed E-state index contributed by atoms with van der Waals surface area (Å²) in [5.74, 6) is 0.168. The van der Waals surface area contributed by atoms with Gasteiger partial charge in [0.15, 0.2) is 0 Å². The molecule has 29 heavy (non-hydrogen) atoms. The van der Waals surface area contributed by atoms with Crippen LogP contribution in [-0.2, 0) is 11.2 Å². The van der Waals surface area contributed by atoms with Gasteiger partial charge in [0.1, 0.15) is 0 Å². The minimum Gasteiger partial charge on any atom is -0.378 e. The van der Waals surface area contributed by atoms with Crippen molar-refractivity contribution in [2.24, 2.45) is 4.99 Å². The third-order valence-electron chi connectivity index (χ3n) is 5.06. The molecule has 1 saturated heterocycles. The second kappa shape index (κ2) is 10.2. The van der Waals surface area contributed by atoms with Gasteiger partial charge in [-0.25, -0.2) is 0 Å². The van der Waals surface area contributed by atoms with Crippen LogP contribution in [0.3, 0.4) is 0 Å². The van der Waals surface area contributed by atoms with Crippen LogP contribution >= 0.6 is 25.3 Å². The Morgan fingerprint density at radius 1 is 1.03 bits per heavy atom. The standard InChI is InChI=1S/C22H28N4OS2/c1-24(2)20-9-7-19(8-10-20)23-16-18-5-3-17(4-6-18)15-21(27)25-11-13-26(14-12-25)22(28)29/h3-10,16,22,28-29H,11-15H2,1-2H3. The Kier molecular flexibility index (Phi) is 7.64. The van der Waals surface area contributed by atoms with Gasteiger partial charge in [0.05, 0.1) is 16.8 Å². The maximum absolute atomic E-state index is 12.6. The number of benzene rings is 2. The molecule has 0 unspecified atom stereocenters. The molecule has 0 bridgehead atoms. The molecule has 5 nitrogen and oxygen atoms in total. The van der Waals surface area contributed by atoms with E-state index in [-0.39, 0.29) is 10.6 Å². The Morgan fingerprint density at radius 3 is 2.21 bits per heavy atom. The van der Waals surface area contributed by atoms with Crippen LogP contribution in [0, 0.1) is 0 Å². The molecule has 3 rings (SSSR count). The highest BCUT2D eigenvalue weighted by Gasteiger charge is 2.22. The van der Waals surface area contributed by atoms with E-state index in [4.69, 9.17) is 0 Å². The average Bonchev–Trinajstić information content (AvgIpc) is 2.73. The van der Waals surface area contributed by atoms with E-state index in [1.165, 1.54) is 0 Å². The number of aliphatic imine (C=N–C) groups is 1. The van der Waals surface area contributed by atoms with Crippen LogP contribution in [0.2, 0.25) is 0 Å². The first-order chi connectivity index (χ1) is 13.9. The number of carbonyl (C=O) groups is 1. The molecule has 7 heteroatoms. The Balaban J connectivity index is 1.53. The number of thiol groups is 2. The quantitative estimate of drug-likeness (QED) is 0.421. The Morgan fingerprint density at radius 2 is 1.66 bits per heavy atom. The van der Waals surface area contributed by atoms with Crippen molar-refractivity contribution < 1.29 is 4.79 Å². The Bertz CT molecular complexity index is 827. The summed E-state index contributed by atoms with van der Waals surface area (Å²) in [6, 6.07) is 16.1. The van der Waals surface area contributed by atoms with E-state index in [9.17, 15) is 4.79 Å². The number of hydrogen-bond acceptors (Lipinski definition) is 6. The number of carbonyl (C=O) groups excluding carboxylic acids is 1. The molecule has 0 saturated carbocycles. The lowest BCUT2D eigenvalue weighted by Crippen LogP contribution is -2.50.